The molecular formula is C11H15Cl. The fourth-order valence-corrected chi connectivity index (χ4v) is 0.797. The highest BCUT2D eigenvalue weighted by atomic mass is 35.5. The van der Waals surface area contributed by atoms with Gasteiger partial charge in [0.2, 0.25) is 0 Å². The number of rotatable bonds is 4. The lowest BCUT2D eigenvalue weighted by molar-refractivity contribution is 1.30. The van der Waals surface area contributed by atoms with E-state index in [-0.39, 0.29) is 0 Å². The van der Waals surface area contributed by atoms with Gasteiger partial charge in [0.15, 0.2) is 0 Å². The van der Waals surface area contributed by atoms with Crippen molar-refractivity contribution in [2.24, 2.45) is 0 Å². The van der Waals surface area contributed by atoms with Crippen LogP contribution < -0.4 is 0 Å². The highest BCUT2D eigenvalue weighted by Gasteiger charge is 1.81. The predicted octanol–water partition coefficient (Wildman–Crippen LogP) is 4.21. The van der Waals surface area contributed by atoms with Crippen molar-refractivity contribution in [1.29, 1.82) is 0 Å². The average molecular weight is 183 g/mol. The van der Waals surface area contributed by atoms with Crippen LogP contribution in [0, 0.1) is 0 Å². The first-order valence-corrected chi connectivity index (χ1v) is 4.34. The minimum atomic E-state index is 0.794. The van der Waals surface area contributed by atoms with E-state index in [2.05, 4.69) is 6.58 Å². The summed E-state index contributed by atoms with van der Waals surface area (Å²) in [5.74, 6) is 0. The maximum Gasteiger partial charge on any atom is 0.0149 e. The van der Waals surface area contributed by atoms with Gasteiger partial charge < -0.3 is 0 Å². The van der Waals surface area contributed by atoms with Crippen molar-refractivity contribution in [1.82, 2.24) is 0 Å². The lowest BCUT2D eigenvalue weighted by Crippen LogP contribution is -1.69. The largest absolute Gasteiger partial charge is 0.0955 e. The minimum Gasteiger partial charge on any atom is -0.0955 e. The van der Waals surface area contributed by atoms with E-state index in [1.54, 1.807) is 0 Å². The fourth-order valence-electron chi connectivity index (χ4n) is 0.724. The molecule has 0 aromatic carbocycles. The summed E-state index contributed by atoms with van der Waals surface area (Å²) in [6, 6.07) is 0. The highest BCUT2D eigenvalue weighted by molar-refractivity contribution is 6.29. The van der Waals surface area contributed by atoms with E-state index in [0.717, 1.165) is 17.0 Å². The van der Waals surface area contributed by atoms with Crippen LogP contribution in [0.15, 0.2) is 47.6 Å². The molecule has 0 radical (unpaired) electrons. The molecule has 12 heavy (non-hydrogen) atoms. The second-order valence-electron chi connectivity index (χ2n) is 2.54. The molecule has 0 atom stereocenters. The van der Waals surface area contributed by atoms with Crippen LogP contribution in [0.25, 0.3) is 0 Å². The Morgan fingerprint density at radius 1 is 1.50 bits per heavy atom. The van der Waals surface area contributed by atoms with Crippen LogP contribution in [0.4, 0.5) is 0 Å². The van der Waals surface area contributed by atoms with Gasteiger partial charge >= 0.3 is 0 Å². The zero-order chi connectivity index (χ0) is 9.40. The SMILES string of the molecule is C=C(/C=C\C)C/C=C\C=C(/C)Cl. The third-order valence-corrected chi connectivity index (χ3v) is 1.37. The molecule has 0 fully saturated rings. The van der Waals surface area contributed by atoms with E-state index in [1.807, 2.05) is 44.2 Å². The van der Waals surface area contributed by atoms with Crippen LogP contribution in [-0.4, -0.2) is 0 Å². The van der Waals surface area contributed by atoms with Crippen molar-refractivity contribution in [3.63, 3.8) is 0 Å². The number of allylic oxidation sites excluding steroid dienone is 7. The average Bonchev–Trinajstić information content (AvgIpc) is 1.98. The zero-order valence-corrected chi connectivity index (χ0v) is 8.43. The Balaban J connectivity index is 3.75. The van der Waals surface area contributed by atoms with Crippen molar-refractivity contribution >= 4 is 11.6 Å². The number of hydrogen-bond acceptors (Lipinski definition) is 0. The van der Waals surface area contributed by atoms with Crippen molar-refractivity contribution in [3.05, 3.63) is 47.6 Å². The van der Waals surface area contributed by atoms with Crippen LogP contribution in [0.1, 0.15) is 20.3 Å². The smallest absolute Gasteiger partial charge is 0.0149 e. The maximum absolute atomic E-state index is 5.63. The Morgan fingerprint density at radius 3 is 2.67 bits per heavy atom. The fraction of sp³-hybridized carbons (Fsp3) is 0.273. The van der Waals surface area contributed by atoms with E-state index in [0.29, 0.717) is 0 Å². The second-order valence-corrected chi connectivity index (χ2v) is 3.14. The van der Waals surface area contributed by atoms with Crippen LogP contribution in [0.5, 0.6) is 0 Å². The molecule has 0 unspecified atom stereocenters. The van der Waals surface area contributed by atoms with E-state index < -0.39 is 0 Å². The molecule has 0 aliphatic heterocycles. The molecule has 0 saturated heterocycles. The zero-order valence-electron chi connectivity index (χ0n) is 7.68. The van der Waals surface area contributed by atoms with Gasteiger partial charge in [-0.25, -0.2) is 0 Å². The Kier molecular flexibility index (Phi) is 6.50. The number of halogens is 1. The molecule has 0 nitrogen and oxygen atoms in total. The Labute approximate surface area is 79.9 Å². The minimum absolute atomic E-state index is 0.794. The summed E-state index contributed by atoms with van der Waals surface area (Å²) < 4.78 is 0. The first kappa shape index (κ1) is 11.2. The molecule has 0 saturated carbocycles. The standard InChI is InChI=1S/C11H15Cl/c1-4-7-10(2)8-5-6-9-11(3)12/h4-7,9H,2,8H2,1,3H3/b6-5-,7-4-,11-9+. The van der Waals surface area contributed by atoms with Gasteiger partial charge in [0.05, 0.1) is 0 Å². The lowest BCUT2D eigenvalue weighted by Gasteiger charge is -1.90. The molecule has 0 heterocycles. The summed E-state index contributed by atoms with van der Waals surface area (Å²) in [5, 5.41) is 0.794. The van der Waals surface area contributed by atoms with E-state index >= 15 is 0 Å². The Hall–Kier alpha value is -0.750. The third kappa shape index (κ3) is 7.36. The molecule has 1 heteroatoms. The molecule has 0 bridgehead atoms. The van der Waals surface area contributed by atoms with Crippen LogP contribution >= 0.6 is 11.6 Å². The first-order chi connectivity index (χ1) is 5.66. The van der Waals surface area contributed by atoms with Gasteiger partial charge in [0.1, 0.15) is 0 Å². The van der Waals surface area contributed by atoms with E-state index in [4.69, 9.17) is 11.6 Å². The Bertz CT molecular complexity index is 215. The summed E-state index contributed by atoms with van der Waals surface area (Å²) in [6.45, 7) is 7.71. The van der Waals surface area contributed by atoms with Crippen molar-refractivity contribution in [2.75, 3.05) is 0 Å². The van der Waals surface area contributed by atoms with Gasteiger partial charge in [0.25, 0.3) is 0 Å². The summed E-state index contributed by atoms with van der Waals surface area (Å²) in [4.78, 5) is 0. The molecule has 0 spiro atoms. The lowest BCUT2D eigenvalue weighted by atomic mass is 10.2. The molecule has 66 valence electrons. The Morgan fingerprint density at radius 2 is 2.17 bits per heavy atom. The molecule has 0 aliphatic carbocycles. The maximum atomic E-state index is 5.63. The number of hydrogen-bond donors (Lipinski definition) is 0. The first-order valence-electron chi connectivity index (χ1n) is 3.96. The summed E-state index contributed by atoms with van der Waals surface area (Å²) in [7, 11) is 0. The van der Waals surface area contributed by atoms with E-state index in [1.165, 1.54) is 0 Å². The predicted molar refractivity (Wildman–Crippen MR) is 57.3 cm³/mol. The quantitative estimate of drug-likeness (QED) is 0.572. The van der Waals surface area contributed by atoms with Gasteiger partial charge in [-0.2, -0.15) is 0 Å². The molecule has 0 aromatic heterocycles. The van der Waals surface area contributed by atoms with Crippen LogP contribution in [0.3, 0.4) is 0 Å². The van der Waals surface area contributed by atoms with Gasteiger partial charge in [-0.3, -0.25) is 0 Å². The monoisotopic (exact) mass is 182 g/mol. The molecule has 0 rings (SSSR count). The van der Waals surface area contributed by atoms with E-state index in [9.17, 15) is 0 Å². The van der Waals surface area contributed by atoms with Crippen LogP contribution in [-0.2, 0) is 0 Å². The van der Waals surface area contributed by atoms with Gasteiger partial charge in [-0.1, -0.05) is 48.1 Å². The van der Waals surface area contributed by atoms with Gasteiger partial charge in [-0.05, 0) is 26.3 Å². The van der Waals surface area contributed by atoms with Gasteiger partial charge in [0, 0.05) is 5.03 Å². The molecule has 0 N–H and O–H groups in total. The van der Waals surface area contributed by atoms with Crippen molar-refractivity contribution < 1.29 is 0 Å². The topological polar surface area (TPSA) is 0 Å². The summed E-state index contributed by atoms with van der Waals surface area (Å²) in [6.07, 6.45) is 10.7. The van der Waals surface area contributed by atoms with Crippen molar-refractivity contribution in [2.45, 2.75) is 20.3 Å². The normalized spacial score (nSPS) is 13.1. The van der Waals surface area contributed by atoms with Gasteiger partial charge in [-0.15, -0.1) is 0 Å². The highest BCUT2D eigenvalue weighted by Crippen LogP contribution is 2.02. The molecule has 0 aromatic rings. The van der Waals surface area contributed by atoms with Crippen molar-refractivity contribution in [3.8, 4) is 0 Å². The molecule has 0 aliphatic rings. The van der Waals surface area contributed by atoms with Crippen LogP contribution in [0.2, 0.25) is 0 Å². The third-order valence-electron chi connectivity index (χ3n) is 1.24. The summed E-state index contributed by atoms with van der Waals surface area (Å²) >= 11 is 5.63. The molecular weight excluding hydrogens is 168 g/mol. The summed E-state index contributed by atoms with van der Waals surface area (Å²) in [5.41, 5.74) is 1.11. The molecule has 0 amide bonds. The second kappa shape index (κ2) is 6.93.